The number of carbonyl (C=O) groups is 4. The Balaban J connectivity index is 1.46. The molecule has 180 valence electrons. The average Bonchev–Trinajstić information content (AvgIpc) is 2.93. The van der Waals surface area contributed by atoms with E-state index in [-0.39, 0.29) is 51.3 Å². The molecule has 0 aromatic heterocycles. The van der Waals surface area contributed by atoms with Crippen LogP contribution in [0.1, 0.15) is 42.2 Å². The summed E-state index contributed by atoms with van der Waals surface area (Å²) in [5, 5.41) is 8.65. The van der Waals surface area contributed by atoms with Crippen molar-refractivity contribution in [1.29, 1.82) is 0 Å². The number of rotatable bonds is 6. The summed E-state index contributed by atoms with van der Waals surface area (Å²) in [7, 11) is 0. The fraction of sp³-hybridized carbons (Fsp3) is 0. The second-order valence-corrected chi connectivity index (χ2v) is 8.33. The van der Waals surface area contributed by atoms with Crippen LogP contribution in [0.15, 0.2) is 104 Å². The Morgan fingerprint density at radius 1 is 0.622 bits per heavy atom. The van der Waals surface area contributed by atoms with E-state index < -0.39 is 0 Å². The summed E-state index contributed by atoms with van der Waals surface area (Å²) in [6.07, 6.45) is 1.18. The van der Waals surface area contributed by atoms with Gasteiger partial charge in [-0.05, 0) is 54.6 Å². The monoisotopic (exact) mass is 487 g/mol. The molecule has 2 amide bonds. The van der Waals surface area contributed by atoms with Crippen molar-refractivity contribution >= 4 is 46.1 Å². The number of fused-ring (bicyclic) bond motifs is 2. The van der Waals surface area contributed by atoms with Crippen LogP contribution >= 0.6 is 0 Å². The average molecular weight is 488 g/mol. The first kappa shape index (κ1) is 23.4. The molecule has 5 rings (SSSR count). The van der Waals surface area contributed by atoms with Crippen LogP contribution in [0, 0.1) is 0 Å². The first-order valence-corrected chi connectivity index (χ1v) is 11.5. The number of carbonyl (C=O) groups excluding carboxylic acids is 4. The number of benzene rings is 4. The van der Waals surface area contributed by atoms with E-state index in [0.717, 1.165) is 0 Å². The minimum atomic E-state index is -0.372. The van der Waals surface area contributed by atoms with Crippen molar-refractivity contribution in [3.8, 4) is 0 Å². The van der Waals surface area contributed by atoms with E-state index in [4.69, 9.17) is 0 Å². The van der Waals surface area contributed by atoms with E-state index in [2.05, 4.69) is 22.5 Å². The molecule has 3 N–H and O–H groups in total. The fourth-order valence-electron chi connectivity index (χ4n) is 4.22. The summed E-state index contributed by atoms with van der Waals surface area (Å²) in [5.41, 5.74) is 3.36. The number of anilines is 4. The summed E-state index contributed by atoms with van der Waals surface area (Å²) in [6.45, 7) is 3.43. The van der Waals surface area contributed by atoms with Gasteiger partial charge in [-0.1, -0.05) is 49.0 Å². The standard InChI is InChI=1S/C30H21N3O4/c1-2-25(34)32-20-16-14-19(15-17-20)31-23-12-6-10-21-26(23)28(35)22-11-7-13-24(27(22)29(21)36)33-30(37)18-8-4-3-5-9-18/h2-17,31H,1H2,(H,32,34)(H,33,37). The van der Waals surface area contributed by atoms with Gasteiger partial charge in [0.1, 0.15) is 0 Å². The summed E-state index contributed by atoms with van der Waals surface area (Å²) in [6, 6.07) is 25.4. The lowest BCUT2D eigenvalue weighted by Crippen LogP contribution is -2.24. The second-order valence-electron chi connectivity index (χ2n) is 8.33. The molecule has 0 unspecified atom stereocenters. The SMILES string of the molecule is C=CC(=O)Nc1ccc(Nc2cccc3c2C(=O)c2cccc(NC(=O)c4ccccc4)c2C3=O)cc1. The highest BCUT2D eigenvalue weighted by atomic mass is 16.2. The first-order valence-electron chi connectivity index (χ1n) is 11.5. The summed E-state index contributed by atoms with van der Waals surface area (Å²) in [4.78, 5) is 51.5. The van der Waals surface area contributed by atoms with E-state index in [1.165, 1.54) is 6.08 Å². The van der Waals surface area contributed by atoms with Crippen LogP contribution in [0.2, 0.25) is 0 Å². The lowest BCUT2D eigenvalue weighted by Gasteiger charge is -2.23. The number of hydrogen-bond donors (Lipinski definition) is 3. The van der Waals surface area contributed by atoms with Crippen molar-refractivity contribution in [2.75, 3.05) is 16.0 Å². The van der Waals surface area contributed by atoms with Gasteiger partial charge in [-0.15, -0.1) is 0 Å². The Labute approximate surface area is 212 Å². The molecule has 4 aromatic rings. The third kappa shape index (κ3) is 4.53. The van der Waals surface area contributed by atoms with Crippen LogP contribution in [0.5, 0.6) is 0 Å². The third-order valence-electron chi connectivity index (χ3n) is 5.97. The van der Waals surface area contributed by atoms with Crippen molar-refractivity contribution in [3.63, 3.8) is 0 Å². The van der Waals surface area contributed by atoms with Gasteiger partial charge < -0.3 is 16.0 Å². The van der Waals surface area contributed by atoms with Crippen LogP contribution < -0.4 is 16.0 Å². The number of amides is 2. The maximum atomic E-state index is 13.6. The van der Waals surface area contributed by atoms with E-state index in [0.29, 0.717) is 22.6 Å². The molecule has 37 heavy (non-hydrogen) atoms. The lowest BCUT2D eigenvalue weighted by atomic mass is 9.82. The number of hydrogen-bond acceptors (Lipinski definition) is 5. The largest absolute Gasteiger partial charge is 0.355 e. The molecule has 0 heterocycles. The van der Waals surface area contributed by atoms with Crippen LogP contribution in [0.4, 0.5) is 22.7 Å². The summed E-state index contributed by atoms with van der Waals surface area (Å²) >= 11 is 0. The van der Waals surface area contributed by atoms with Gasteiger partial charge in [0.2, 0.25) is 5.91 Å². The third-order valence-corrected chi connectivity index (χ3v) is 5.97. The molecule has 0 radical (unpaired) electrons. The zero-order valence-corrected chi connectivity index (χ0v) is 19.6. The maximum Gasteiger partial charge on any atom is 0.255 e. The zero-order chi connectivity index (χ0) is 25.9. The maximum absolute atomic E-state index is 13.6. The van der Waals surface area contributed by atoms with E-state index >= 15 is 0 Å². The Bertz CT molecular complexity index is 1570. The fourth-order valence-corrected chi connectivity index (χ4v) is 4.22. The summed E-state index contributed by atoms with van der Waals surface area (Å²) < 4.78 is 0. The number of nitrogens with one attached hydrogen (secondary N) is 3. The van der Waals surface area contributed by atoms with Crippen molar-refractivity contribution in [1.82, 2.24) is 0 Å². The van der Waals surface area contributed by atoms with Gasteiger partial charge in [0, 0.05) is 28.1 Å². The molecular weight excluding hydrogens is 466 g/mol. The first-order chi connectivity index (χ1) is 18.0. The Hall–Kier alpha value is -5.30. The smallest absolute Gasteiger partial charge is 0.255 e. The molecule has 1 aliphatic rings. The predicted molar refractivity (Wildman–Crippen MR) is 143 cm³/mol. The van der Waals surface area contributed by atoms with Crippen molar-refractivity contribution in [3.05, 3.63) is 131 Å². The molecule has 0 saturated heterocycles. The number of ketones is 2. The van der Waals surface area contributed by atoms with E-state index in [9.17, 15) is 19.2 Å². The van der Waals surface area contributed by atoms with Gasteiger partial charge >= 0.3 is 0 Å². The molecule has 7 nitrogen and oxygen atoms in total. The molecule has 0 atom stereocenters. The molecule has 4 aromatic carbocycles. The summed E-state index contributed by atoms with van der Waals surface area (Å²) in [5.74, 6) is -1.36. The molecule has 1 aliphatic carbocycles. The van der Waals surface area contributed by atoms with Crippen LogP contribution in [0.25, 0.3) is 0 Å². The quantitative estimate of drug-likeness (QED) is 0.271. The Morgan fingerprint density at radius 2 is 1.19 bits per heavy atom. The lowest BCUT2D eigenvalue weighted by molar-refractivity contribution is -0.111. The normalized spacial score (nSPS) is 11.7. The van der Waals surface area contributed by atoms with Gasteiger partial charge in [0.25, 0.3) is 5.91 Å². The highest BCUT2D eigenvalue weighted by Gasteiger charge is 2.34. The highest BCUT2D eigenvalue weighted by Crippen LogP contribution is 2.36. The topological polar surface area (TPSA) is 104 Å². The zero-order valence-electron chi connectivity index (χ0n) is 19.6. The molecule has 0 fully saturated rings. The van der Waals surface area contributed by atoms with Crippen molar-refractivity contribution < 1.29 is 19.2 Å². The molecule has 0 spiro atoms. The van der Waals surface area contributed by atoms with Crippen LogP contribution in [0.3, 0.4) is 0 Å². The van der Waals surface area contributed by atoms with Gasteiger partial charge in [-0.3, -0.25) is 19.2 Å². The van der Waals surface area contributed by atoms with Gasteiger partial charge in [0.05, 0.1) is 22.5 Å². The minimum Gasteiger partial charge on any atom is -0.355 e. The molecule has 0 saturated carbocycles. The van der Waals surface area contributed by atoms with Crippen LogP contribution in [-0.4, -0.2) is 23.4 Å². The van der Waals surface area contributed by atoms with Crippen molar-refractivity contribution in [2.45, 2.75) is 0 Å². The molecule has 7 heteroatoms. The van der Waals surface area contributed by atoms with E-state index in [1.54, 1.807) is 91.0 Å². The van der Waals surface area contributed by atoms with Crippen molar-refractivity contribution in [2.24, 2.45) is 0 Å². The Morgan fingerprint density at radius 3 is 1.81 bits per heavy atom. The Kier molecular flexibility index (Phi) is 6.18. The molecular formula is C30H21N3O4. The van der Waals surface area contributed by atoms with Gasteiger partial charge in [-0.2, -0.15) is 0 Å². The molecule has 0 aliphatic heterocycles. The minimum absolute atomic E-state index is 0.170. The van der Waals surface area contributed by atoms with Gasteiger partial charge in [-0.25, -0.2) is 0 Å². The van der Waals surface area contributed by atoms with Crippen LogP contribution in [-0.2, 0) is 4.79 Å². The highest BCUT2D eigenvalue weighted by molar-refractivity contribution is 6.32. The van der Waals surface area contributed by atoms with Gasteiger partial charge in [0.15, 0.2) is 11.6 Å². The molecule has 0 bridgehead atoms. The predicted octanol–water partition coefficient (Wildman–Crippen LogP) is 5.58. The van der Waals surface area contributed by atoms with E-state index in [1.807, 2.05) is 0 Å². The second kappa shape index (κ2) is 9.75.